The van der Waals surface area contributed by atoms with Gasteiger partial charge in [0.2, 0.25) is 10.0 Å². The van der Waals surface area contributed by atoms with Crippen LogP contribution in [0.5, 0.6) is 0 Å². The molecule has 1 aliphatic carbocycles. The highest BCUT2D eigenvalue weighted by Crippen LogP contribution is 2.57. The lowest BCUT2D eigenvalue weighted by atomic mass is 10.1. The maximum absolute atomic E-state index is 13.3. The van der Waals surface area contributed by atoms with Crippen LogP contribution in [0.25, 0.3) is 11.0 Å². The van der Waals surface area contributed by atoms with Gasteiger partial charge >= 0.3 is 6.09 Å². The first-order valence-corrected chi connectivity index (χ1v) is 14.2. The van der Waals surface area contributed by atoms with Crippen LogP contribution in [-0.4, -0.2) is 64.1 Å². The van der Waals surface area contributed by atoms with Crippen LogP contribution in [0.15, 0.2) is 42.9 Å². The standard InChI is InChI=1S/C24H28IN5O4S/c1-23(2,3)34-22(31)29-10-9-26-14-24(29)11-17(24)20-19-18(25)12-30(21(19)28-15-27-20)35(32,33)13-16-7-5-4-6-8-16/h4-8,12,15,17,26H,9-11,13-14H2,1-3H3. The maximum atomic E-state index is 13.3. The van der Waals surface area contributed by atoms with Crippen LogP contribution < -0.4 is 5.32 Å². The third-order valence-corrected chi connectivity index (χ3v) is 8.89. The van der Waals surface area contributed by atoms with E-state index < -0.39 is 21.2 Å². The third kappa shape index (κ3) is 4.53. The number of amides is 1. The van der Waals surface area contributed by atoms with Gasteiger partial charge in [0.25, 0.3) is 0 Å². The zero-order valence-corrected chi connectivity index (χ0v) is 22.8. The summed E-state index contributed by atoms with van der Waals surface area (Å²) in [6.45, 7) is 7.45. The van der Waals surface area contributed by atoms with Gasteiger partial charge in [0.1, 0.15) is 11.9 Å². The molecule has 1 aliphatic heterocycles. The molecule has 1 amide bonds. The topological polar surface area (TPSA) is 106 Å². The first kappa shape index (κ1) is 24.4. The molecular formula is C24H28IN5O4S. The highest BCUT2D eigenvalue weighted by molar-refractivity contribution is 14.1. The third-order valence-electron chi connectivity index (χ3n) is 6.50. The average Bonchev–Trinajstić information content (AvgIpc) is 3.37. The molecule has 2 aromatic heterocycles. The molecule has 3 aromatic rings. The monoisotopic (exact) mass is 609 g/mol. The minimum absolute atomic E-state index is 0.0467. The Morgan fingerprint density at radius 2 is 2.00 bits per heavy atom. The molecule has 0 bridgehead atoms. The smallest absolute Gasteiger partial charge is 0.410 e. The summed E-state index contributed by atoms with van der Waals surface area (Å²) in [5, 5.41) is 4.13. The van der Waals surface area contributed by atoms with Crippen molar-refractivity contribution in [1.82, 2.24) is 24.2 Å². The van der Waals surface area contributed by atoms with Gasteiger partial charge in [-0.15, -0.1) is 0 Å². The summed E-state index contributed by atoms with van der Waals surface area (Å²) in [5.74, 6) is -0.175. The number of rotatable bonds is 4. The molecule has 2 aliphatic rings. The maximum Gasteiger partial charge on any atom is 0.410 e. The van der Waals surface area contributed by atoms with Crippen LogP contribution in [-0.2, 0) is 20.5 Å². The van der Waals surface area contributed by atoms with E-state index in [2.05, 4.69) is 37.9 Å². The van der Waals surface area contributed by atoms with E-state index in [0.29, 0.717) is 30.8 Å². The van der Waals surface area contributed by atoms with Crippen molar-refractivity contribution < 1.29 is 17.9 Å². The summed E-state index contributed by atoms with van der Waals surface area (Å²) in [6.07, 6.45) is 3.43. The minimum Gasteiger partial charge on any atom is -0.444 e. The lowest BCUT2D eigenvalue weighted by molar-refractivity contribution is 0.00747. The van der Waals surface area contributed by atoms with Gasteiger partial charge in [0.05, 0.1) is 22.4 Å². The molecule has 9 nitrogen and oxygen atoms in total. The molecule has 1 aromatic carbocycles. The molecule has 3 heterocycles. The molecule has 2 atom stereocenters. The van der Waals surface area contributed by atoms with E-state index in [1.807, 2.05) is 43.9 Å². The Bertz CT molecular complexity index is 1390. The molecule has 1 saturated carbocycles. The first-order chi connectivity index (χ1) is 16.5. The van der Waals surface area contributed by atoms with E-state index in [1.165, 1.54) is 10.3 Å². The quantitative estimate of drug-likeness (QED) is 0.452. The van der Waals surface area contributed by atoms with Crippen LogP contribution in [0.2, 0.25) is 0 Å². The van der Waals surface area contributed by atoms with Gasteiger partial charge in [-0.05, 0) is 55.3 Å². The van der Waals surface area contributed by atoms with Gasteiger partial charge in [-0.25, -0.2) is 27.2 Å². The highest BCUT2D eigenvalue weighted by atomic mass is 127. The van der Waals surface area contributed by atoms with Crippen molar-refractivity contribution in [2.45, 2.75) is 50.0 Å². The molecule has 11 heteroatoms. The number of carbonyl (C=O) groups excluding carboxylic acids is 1. The number of piperazine rings is 1. The number of benzene rings is 1. The van der Waals surface area contributed by atoms with Gasteiger partial charge < -0.3 is 10.1 Å². The summed E-state index contributed by atoms with van der Waals surface area (Å²) in [6, 6.07) is 9.09. The highest BCUT2D eigenvalue weighted by Gasteiger charge is 2.63. The Kier molecular flexibility index (Phi) is 6.07. The number of nitrogens with one attached hydrogen (secondary N) is 1. The van der Waals surface area contributed by atoms with E-state index in [0.717, 1.165) is 21.1 Å². The first-order valence-electron chi connectivity index (χ1n) is 11.5. The average molecular weight is 609 g/mol. The number of hydrogen-bond donors (Lipinski definition) is 1. The molecule has 186 valence electrons. The molecule has 0 radical (unpaired) electrons. The van der Waals surface area contributed by atoms with Crippen LogP contribution in [0.3, 0.4) is 0 Å². The van der Waals surface area contributed by atoms with Crippen molar-refractivity contribution in [2.24, 2.45) is 0 Å². The van der Waals surface area contributed by atoms with E-state index in [1.54, 1.807) is 18.3 Å². The fourth-order valence-corrected chi connectivity index (χ4v) is 7.29. The number of fused-ring (bicyclic) bond motifs is 1. The second-order valence-electron chi connectivity index (χ2n) is 10.1. The SMILES string of the molecule is CC(C)(C)OC(=O)N1CCNCC12CC2c1ncnc2c1c(I)cn2S(=O)(=O)Cc1ccccc1. The fourth-order valence-electron chi connectivity index (χ4n) is 4.89. The van der Waals surface area contributed by atoms with Crippen molar-refractivity contribution in [3.8, 4) is 0 Å². The lowest BCUT2D eigenvalue weighted by Crippen LogP contribution is -2.57. The predicted octanol–water partition coefficient (Wildman–Crippen LogP) is 3.48. The van der Waals surface area contributed by atoms with Crippen LogP contribution in [0.4, 0.5) is 4.79 Å². The van der Waals surface area contributed by atoms with Crippen molar-refractivity contribution >= 4 is 49.7 Å². The van der Waals surface area contributed by atoms with Gasteiger partial charge in [-0.2, -0.15) is 0 Å². The van der Waals surface area contributed by atoms with Crippen molar-refractivity contribution in [3.05, 3.63) is 57.7 Å². The molecule has 1 spiro atoms. The van der Waals surface area contributed by atoms with Crippen LogP contribution >= 0.6 is 22.6 Å². The molecular weight excluding hydrogens is 581 g/mol. The van der Waals surface area contributed by atoms with E-state index in [9.17, 15) is 13.2 Å². The summed E-state index contributed by atoms with van der Waals surface area (Å²) in [4.78, 5) is 23.8. The zero-order chi connectivity index (χ0) is 25.0. The number of hydrogen-bond acceptors (Lipinski definition) is 7. The van der Waals surface area contributed by atoms with E-state index in [4.69, 9.17) is 4.74 Å². The molecule has 2 unspecified atom stereocenters. The van der Waals surface area contributed by atoms with Crippen LogP contribution in [0, 0.1) is 3.57 Å². The van der Waals surface area contributed by atoms with Crippen molar-refractivity contribution in [2.75, 3.05) is 19.6 Å². The molecule has 1 N–H and O–H groups in total. The summed E-state index contributed by atoms with van der Waals surface area (Å²) in [5.41, 5.74) is 0.808. The minimum atomic E-state index is -3.69. The van der Waals surface area contributed by atoms with E-state index in [-0.39, 0.29) is 17.8 Å². The molecule has 35 heavy (non-hydrogen) atoms. The largest absolute Gasteiger partial charge is 0.444 e. The summed E-state index contributed by atoms with van der Waals surface area (Å²) < 4.78 is 34.4. The Labute approximate surface area is 218 Å². The van der Waals surface area contributed by atoms with Gasteiger partial charge in [-0.1, -0.05) is 30.3 Å². The van der Waals surface area contributed by atoms with E-state index >= 15 is 0 Å². The normalized spacial score (nSPS) is 22.5. The molecule has 5 rings (SSSR count). The number of ether oxygens (including phenoxy) is 1. The Hall–Kier alpha value is -2.25. The number of nitrogens with zero attached hydrogens (tertiary/aromatic N) is 4. The number of halogens is 1. The number of aromatic nitrogens is 3. The second-order valence-corrected chi connectivity index (χ2v) is 13.1. The fraction of sp³-hybridized carbons (Fsp3) is 0.458. The predicted molar refractivity (Wildman–Crippen MR) is 141 cm³/mol. The second kappa shape index (κ2) is 8.70. The summed E-state index contributed by atoms with van der Waals surface area (Å²) >= 11 is 2.15. The van der Waals surface area contributed by atoms with Crippen molar-refractivity contribution in [3.63, 3.8) is 0 Å². The number of carbonyl (C=O) groups is 1. The molecule has 1 saturated heterocycles. The Balaban J connectivity index is 1.51. The zero-order valence-electron chi connectivity index (χ0n) is 19.9. The van der Waals surface area contributed by atoms with Gasteiger partial charge in [-0.3, -0.25) is 4.90 Å². The molecule has 2 fully saturated rings. The summed E-state index contributed by atoms with van der Waals surface area (Å²) in [7, 11) is -3.69. The van der Waals surface area contributed by atoms with Crippen LogP contribution in [0.1, 0.15) is 44.4 Å². The lowest BCUT2D eigenvalue weighted by Gasteiger charge is -2.38. The van der Waals surface area contributed by atoms with Crippen molar-refractivity contribution in [1.29, 1.82) is 0 Å². The Morgan fingerprint density at radius 3 is 2.71 bits per heavy atom. The van der Waals surface area contributed by atoms with Gasteiger partial charge in [0.15, 0.2) is 5.65 Å². The van der Waals surface area contributed by atoms with Gasteiger partial charge in [0, 0.05) is 35.3 Å². The Morgan fingerprint density at radius 1 is 1.26 bits per heavy atom.